The van der Waals surface area contributed by atoms with Crippen LogP contribution in [0.2, 0.25) is 0 Å². The number of hydrogen-bond donors (Lipinski definition) is 1. The fraction of sp³-hybridized carbons (Fsp3) is 0.188. The topological polar surface area (TPSA) is 24.9 Å². The van der Waals surface area contributed by atoms with Gasteiger partial charge in [-0.1, -0.05) is 24.3 Å². The molecule has 0 aliphatic heterocycles. The molecule has 1 aromatic carbocycles. The predicted molar refractivity (Wildman–Crippen MR) is 81.7 cm³/mol. The van der Waals surface area contributed by atoms with Gasteiger partial charge in [0.2, 0.25) is 0 Å². The first kappa shape index (κ1) is 12.3. The smallest absolute Gasteiger partial charge is 0.0753 e. The van der Waals surface area contributed by atoms with Crippen LogP contribution in [-0.2, 0) is 0 Å². The Morgan fingerprint density at radius 2 is 1.95 bits per heavy atom. The summed E-state index contributed by atoms with van der Waals surface area (Å²) in [6.07, 6.45) is 1.86. The summed E-state index contributed by atoms with van der Waals surface area (Å²) in [6.45, 7) is 2.17. The van der Waals surface area contributed by atoms with E-state index < -0.39 is 0 Å². The lowest BCUT2D eigenvalue weighted by atomic mass is 9.97. The molecule has 3 aromatic rings. The maximum Gasteiger partial charge on any atom is 0.0753 e. The highest BCUT2D eigenvalue weighted by Crippen LogP contribution is 2.31. The quantitative estimate of drug-likeness (QED) is 0.779. The summed E-state index contributed by atoms with van der Waals surface area (Å²) in [4.78, 5) is 5.91. The number of rotatable bonds is 3. The maximum atomic E-state index is 4.55. The highest BCUT2D eigenvalue weighted by Gasteiger charge is 2.17. The number of para-hydroxylation sites is 1. The zero-order chi connectivity index (χ0) is 13.2. The number of pyridine rings is 1. The minimum Gasteiger partial charge on any atom is -0.309 e. The van der Waals surface area contributed by atoms with Crippen molar-refractivity contribution < 1.29 is 0 Å². The third-order valence-electron chi connectivity index (χ3n) is 3.47. The van der Waals surface area contributed by atoms with E-state index in [0.717, 1.165) is 5.52 Å². The number of thiophene rings is 1. The van der Waals surface area contributed by atoms with Crippen LogP contribution in [0.5, 0.6) is 0 Å². The van der Waals surface area contributed by atoms with Gasteiger partial charge in [0.25, 0.3) is 0 Å². The number of aromatic nitrogens is 1. The molecule has 2 heterocycles. The molecular weight excluding hydrogens is 252 g/mol. The summed E-state index contributed by atoms with van der Waals surface area (Å²) in [7, 11) is 2.00. The molecule has 0 saturated carbocycles. The Labute approximate surface area is 117 Å². The monoisotopic (exact) mass is 268 g/mol. The highest BCUT2D eigenvalue weighted by atomic mass is 32.1. The SMILES string of the molecule is CNC(c1ccsc1C)c1cccc2cccnc12. The van der Waals surface area contributed by atoms with E-state index in [0.29, 0.717) is 0 Å². The van der Waals surface area contributed by atoms with Crippen LogP contribution in [-0.4, -0.2) is 12.0 Å². The Morgan fingerprint density at radius 3 is 2.68 bits per heavy atom. The zero-order valence-corrected chi connectivity index (χ0v) is 11.9. The molecule has 0 fully saturated rings. The summed E-state index contributed by atoms with van der Waals surface area (Å²) in [5.41, 5.74) is 3.66. The Morgan fingerprint density at radius 1 is 1.11 bits per heavy atom. The van der Waals surface area contributed by atoms with Crippen LogP contribution in [0.25, 0.3) is 10.9 Å². The Hall–Kier alpha value is -1.71. The molecule has 1 atom stereocenters. The average molecular weight is 268 g/mol. The molecule has 0 amide bonds. The van der Waals surface area contributed by atoms with Gasteiger partial charge in [-0.15, -0.1) is 11.3 Å². The highest BCUT2D eigenvalue weighted by molar-refractivity contribution is 7.10. The van der Waals surface area contributed by atoms with Gasteiger partial charge in [-0.3, -0.25) is 4.98 Å². The summed E-state index contributed by atoms with van der Waals surface area (Å²) in [5.74, 6) is 0. The average Bonchev–Trinajstić information content (AvgIpc) is 2.86. The van der Waals surface area contributed by atoms with Crippen LogP contribution in [0.15, 0.2) is 48.0 Å². The van der Waals surface area contributed by atoms with Gasteiger partial charge in [0.1, 0.15) is 0 Å². The summed E-state index contributed by atoms with van der Waals surface area (Å²) < 4.78 is 0. The first-order chi connectivity index (χ1) is 9.31. The molecule has 3 rings (SSSR count). The van der Waals surface area contributed by atoms with Gasteiger partial charge in [0.15, 0.2) is 0 Å². The van der Waals surface area contributed by atoms with Crippen molar-refractivity contribution in [3.05, 3.63) is 64.0 Å². The zero-order valence-electron chi connectivity index (χ0n) is 11.1. The summed E-state index contributed by atoms with van der Waals surface area (Å²) >= 11 is 1.79. The first-order valence-corrected chi connectivity index (χ1v) is 7.24. The van der Waals surface area contributed by atoms with Gasteiger partial charge in [-0.25, -0.2) is 0 Å². The minimum absolute atomic E-state index is 0.199. The van der Waals surface area contributed by atoms with Crippen LogP contribution in [0.1, 0.15) is 22.0 Å². The Kier molecular flexibility index (Phi) is 3.32. The van der Waals surface area contributed by atoms with Crippen LogP contribution in [0.3, 0.4) is 0 Å². The molecule has 2 nitrogen and oxygen atoms in total. The lowest BCUT2D eigenvalue weighted by Gasteiger charge is -2.18. The van der Waals surface area contributed by atoms with Crippen molar-refractivity contribution in [1.29, 1.82) is 0 Å². The van der Waals surface area contributed by atoms with E-state index in [4.69, 9.17) is 0 Å². The normalized spacial score (nSPS) is 12.7. The van der Waals surface area contributed by atoms with E-state index in [1.165, 1.54) is 21.4 Å². The molecule has 96 valence electrons. The summed E-state index contributed by atoms with van der Waals surface area (Å²) in [5, 5.41) is 6.75. The van der Waals surface area contributed by atoms with E-state index >= 15 is 0 Å². The van der Waals surface area contributed by atoms with E-state index in [1.54, 1.807) is 11.3 Å². The van der Waals surface area contributed by atoms with E-state index in [9.17, 15) is 0 Å². The number of nitrogens with zero attached hydrogens (tertiary/aromatic N) is 1. The lowest BCUT2D eigenvalue weighted by molar-refractivity contribution is 0.694. The van der Waals surface area contributed by atoms with Crippen molar-refractivity contribution in [3.63, 3.8) is 0 Å². The molecule has 19 heavy (non-hydrogen) atoms. The second-order valence-corrected chi connectivity index (χ2v) is 5.70. The number of benzene rings is 1. The van der Waals surface area contributed by atoms with E-state index in [1.807, 2.05) is 19.3 Å². The fourth-order valence-electron chi connectivity index (χ4n) is 2.53. The van der Waals surface area contributed by atoms with Gasteiger partial charge in [0.05, 0.1) is 11.6 Å². The lowest BCUT2D eigenvalue weighted by Crippen LogP contribution is -2.18. The van der Waals surface area contributed by atoms with Crippen LogP contribution < -0.4 is 5.32 Å². The molecule has 0 aliphatic rings. The van der Waals surface area contributed by atoms with Gasteiger partial charge < -0.3 is 5.32 Å². The molecule has 1 unspecified atom stereocenters. The molecule has 0 aliphatic carbocycles. The van der Waals surface area contributed by atoms with Crippen molar-refractivity contribution in [2.24, 2.45) is 0 Å². The van der Waals surface area contributed by atoms with Gasteiger partial charge >= 0.3 is 0 Å². The van der Waals surface area contributed by atoms with Gasteiger partial charge in [-0.05, 0) is 42.6 Å². The second kappa shape index (κ2) is 5.11. The van der Waals surface area contributed by atoms with Crippen LogP contribution in [0.4, 0.5) is 0 Å². The Bertz CT molecular complexity index is 697. The fourth-order valence-corrected chi connectivity index (χ4v) is 3.27. The minimum atomic E-state index is 0.199. The summed E-state index contributed by atoms with van der Waals surface area (Å²) in [6, 6.07) is 12.9. The van der Waals surface area contributed by atoms with Crippen LogP contribution in [0, 0.1) is 6.92 Å². The number of hydrogen-bond acceptors (Lipinski definition) is 3. The van der Waals surface area contributed by atoms with Crippen molar-refractivity contribution in [3.8, 4) is 0 Å². The molecule has 3 heteroatoms. The molecule has 0 bridgehead atoms. The molecule has 0 radical (unpaired) electrons. The van der Waals surface area contributed by atoms with Gasteiger partial charge in [-0.2, -0.15) is 0 Å². The maximum absolute atomic E-state index is 4.55. The molecule has 0 saturated heterocycles. The van der Waals surface area contributed by atoms with Crippen molar-refractivity contribution in [2.45, 2.75) is 13.0 Å². The van der Waals surface area contributed by atoms with E-state index in [2.05, 4.69) is 52.9 Å². The molecule has 0 spiro atoms. The third-order valence-corrected chi connectivity index (χ3v) is 4.33. The van der Waals surface area contributed by atoms with E-state index in [-0.39, 0.29) is 6.04 Å². The number of nitrogens with one attached hydrogen (secondary N) is 1. The van der Waals surface area contributed by atoms with Crippen molar-refractivity contribution in [1.82, 2.24) is 10.3 Å². The van der Waals surface area contributed by atoms with Crippen molar-refractivity contribution in [2.75, 3.05) is 7.05 Å². The third kappa shape index (κ3) is 2.15. The first-order valence-electron chi connectivity index (χ1n) is 6.36. The largest absolute Gasteiger partial charge is 0.309 e. The number of fused-ring (bicyclic) bond motifs is 1. The Balaban J connectivity index is 2.20. The second-order valence-electron chi connectivity index (χ2n) is 4.58. The van der Waals surface area contributed by atoms with Gasteiger partial charge in [0, 0.05) is 16.5 Å². The molecular formula is C16H16N2S. The predicted octanol–water partition coefficient (Wildman–Crippen LogP) is 3.91. The molecule has 2 aromatic heterocycles. The standard InChI is InChI=1S/C16H16N2S/c1-11-13(8-10-19-11)16(17-2)14-7-3-5-12-6-4-9-18-15(12)14/h3-10,16-17H,1-2H3. The molecule has 1 N–H and O–H groups in total. The van der Waals surface area contributed by atoms with Crippen molar-refractivity contribution >= 4 is 22.2 Å². The number of aryl methyl sites for hydroxylation is 1. The van der Waals surface area contributed by atoms with Crippen LogP contribution >= 0.6 is 11.3 Å².